The summed E-state index contributed by atoms with van der Waals surface area (Å²) in [5, 5.41) is 15.9. The number of pyridine rings is 1. The second-order valence-electron chi connectivity index (χ2n) is 6.44. The van der Waals surface area contributed by atoms with E-state index in [9.17, 15) is 10.1 Å². The average molecular weight is 328 g/mol. The van der Waals surface area contributed by atoms with E-state index in [0.29, 0.717) is 18.0 Å². The fraction of sp³-hybridized carbons (Fsp3) is 0.471. The summed E-state index contributed by atoms with van der Waals surface area (Å²) in [6, 6.07) is 5.70. The SMILES string of the molecule is O=[N+]([O-])c1ccc(NCC2CN3CCCC3CO2)c2ccncc12. The number of nitrogens with zero attached hydrogens (tertiary/aromatic N) is 3. The predicted molar refractivity (Wildman–Crippen MR) is 91.2 cm³/mol. The number of hydrogen-bond donors (Lipinski definition) is 1. The van der Waals surface area contributed by atoms with E-state index in [1.165, 1.54) is 18.9 Å². The lowest BCUT2D eigenvalue weighted by molar-refractivity contribution is -0.383. The number of non-ortho nitro benzene ring substituents is 1. The number of ether oxygens (including phenoxy) is 1. The normalized spacial score (nSPS) is 24.0. The number of rotatable bonds is 4. The van der Waals surface area contributed by atoms with Crippen LogP contribution in [0.5, 0.6) is 0 Å². The van der Waals surface area contributed by atoms with Gasteiger partial charge in [0.05, 0.1) is 23.0 Å². The quantitative estimate of drug-likeness (QED) is 0.686. The number of nitrogens with one attached hydrogen (secondary N) is 1. The van der Waals surface area contributed by atoms with E-state index in [1.54, 1.807) is 18.5 Å². The molecule has 1 N–H and O–H groups in total. The third-order valence-electron chi connectivity index (χ3n) is 4.97. The van der Waals surface area contributed by atoms with Gasteiger partial charge in [0.25, 0.3) is 5.69 Å². The van der Waals surface area contributed by atoms with Crippen molar-refractivity contribution in [3.8, 4) is 0 Å². The summed E-state index contributed by atoms with van der Waals surface area (Å²) in [6.45, 7) is 3.61. The zero-order valence-electron chi connectivity index (χ0n) is 13.4. The summed E-state index contributed by atoms with van der Waals surface area (Å²) < 4.78 is 5.96. The maximum absolute atomic E-state index is 11.2. The van der Waals surface area contributed by atoms with Gasteiger partial charge in [-0.05, 0) is 31.5 Å². The Hall–Kier alpha value is -2.25. The van der Waals surface area contributed by atoms with Gasteiger partial charge in [0, 0.05) is 48.7 Å². The van der Waals surface area contributed by atoms with E-state index in [1.807, 2.05) is 6.07 Å². The minimum atomic E-state index is -0.369. The van der Waals surface area contributed by atoms with Crippen LogP contribution in [-0.4, -0.2) is 53.2 Å². The molecule has 1 aromatic carbocycles. The van der Waals surface area contributed by atoms with Gasteiger partial charge in [0.2, 0.25) is 0 Å². The Labute approximate surface area is 139 Å². The fourth-order valence-electron chi connectivity index (χ4n) is 3.72. The van der Waals surface area contributed by atoms with Crippen LogP contribution in [0.4, 0.5) is 11.4 Å². The van der Waals surface area contributed by atoms with Crippen LogP contribution in [0.2, 0.25) is 0 Å². The minimum Gasteiger partial charge on any atom is -0.382 e. The molecule has 126 valence electrons. The number of benzene rings is 1. The molecule has 2 atom stereocenters. The molecular formula is C17H20N4O3. The highest BCUT2D eigenvalue weighted by Gasteiger charge is 2.32. The Morgan fingerprint density at radius 3 is 3.17 bits per heavy atom. The van der Waals surface area contributed by atoms with Crippen molar-refractivity contribution in [3.05, 3.63) is 40.7 Å². The second kappa shape index (κ2) is 6.33. The third kappa shape index (κ3) is 2.81. The predicted octanol–water partition coefficient (Wildman–Crippen LogP) is 2.42. The van der Waals surface area contributed by atoms with Gasteiger partial charge in [-0.2, -0.15) is 0 Å². The summed E-state index contributed by atoms with van der Waals surface area (Å²) in [7, 11) is 0. The molecule has 7 nitrogen and oxygen atoms in total. The van der Waals surface area contributed by atoms with Crippen molar-refractivity contribution >= 4 is 22.1 Å². The van der Waals surface area contributed by atoms with Crippen LogP contribution in [0.1, 0.15) is 12.8 Å². The summed E-state index contributed by atoms with van der Waals surface area (Å²) in [5.74, 6) is 0. The van der Waals surface area contributed by atoms with E-state index in [4.69, 9.17) is 4.74 Å². The molecule has 4 rings (SSSR count). The highest BCUT2D eigenvalue weighted by molar-refractivity contribution is 5.99. The van der Waals surface area contributed by atoms with Crippen molar-refractivity contribution in [3.63, 3.8) is 0 Å². The van der Waals surface area contributed by atoms with Crippen LogP contribution in [0.25, 0.3) is 10.8 Å². The molecular weight excluding hydrogens is 308 g/mol. The molecule has 0 spiro atoms. The standard InChI is InChI=1S/C17H20N4O3/c22-21(23)17-4-3-16(14-5-6-18-9-15(14)17)19-8-13-10-20-7-1-2-12(20)11-24-13/h3-6,9,12-13,19H,1-2,7-8,10-11H2. The van der Waals surface area contributed by atoms with E-state index >= 15 is 0 Å². The third-order valence-corrected chi connectivity index (χ3v) is 4.97. The molecule has 3 heterocycles. The maximum atomic E-state index is 11.2. The summed E-state index contributed by atoms with van der Waals surface area (Å²) >= 11 is 0. The number of hydrogen-bond acceptors (Lipinski definition) is 6. The molecule has 2 fully saturated rings. The van der Waals surface area contributed by atoms with E-state index in [0.717, 1.165) is 30.8 Å². The largest absolute Gasteiger partial charge is 0.382 e. The van der Waals surface area contributed by atoms with Gasteiger partial charge in [0.1, 0.15) is 0 Å². The van der Waals surface area contributed by atoms with Gasteiger partial charge in [0.15, 0.2) is 0 Å². The first kappa shape index (κ1) is 15.3. The molecule has 2 aliphatic rings. The zero-order chi connectivity index (χ0) is 16.5. The lowest BCUT2D eigenvalue weighted by atomic mass is 10.1. The number of fused-ring (bicyclic) bond motifs is 2. The summed E-state index contributed by atoms with van der Waals surface area (Å²) in [4.78, 5) is 17.3. The van der Waals surface area contributed by atoms with Gasteiger partial charge in [-0.15, -0.1) is 0 Å². The monoisotopic (exact) mass is 328 g/mol. The fourth-order valence-corrected chi connectivity index (χ4v) is 3.72. The van der Waals surface area contributed by atoms with Crippen molar-refractivity contribution in [2.45, 2.75) is 25.0 Å². The van der Waals surface area contributed by atoms with Gasteiger partial charge in [-0.3, -0.25) is 20.0 Å². The number of aromatic nitrogens is 1. The lowest BCUT2D eigenvalue weighted by Crippen LogP contribution is -2.48. The second-order valence-corrected chi connectivity index (χ2v) is 6.44. The van der Waals surface area contributed by atoms with Crippen LogP contribution in [0.3, 0.4) is 0 Å². The van der Waals surface area contributed by atoms with Crippen LogP contribution < -0.4 is 5.32 Å². The molecule has 24 heavy (non-hydrogen) atoms. The molecule has 2 aromatic rings. The van der Waals surface area contributed by atoms with Crippen molar-refractivity contribution in [2.75, 3.05) is 31.6 Å². The molecule has 1 aromatic heterocycles. The van der Waals surface area contributed by atoms with E-state index < -0.39 is 0 Å². The molecule has 2 saturated heterocycles. The van der Waals surface area contributed by atoms with E-state index in [2.05, 4.69) is 15.2 Å². The number of nitro benzene ring substituents is 1. The first-order valence-electron chi connectivity index (χ1n) is 8.33. The van der Waals surface area contributed by atoms with Crippen molar-refractivity contribution in [1.29, 1.82) is 0 Å². The van der Waals surface area contributed by atoms with Crippen LogP contribution in [-0.2, 0) is 4.74 Å². The van der Waals surface area contributed by atoms with E-state index in [-0.39, 0.29) is 16.7 Å². The Morgan fingerprint density at radius 1 is 1.38 bits per heavy atom. The highest BCUT2D eigenvalue weighted by atomic mass is 16.6. The summed E-state index contributed by atoms with van der Waals surface area (Å²) in [6.07, 6.45) is 5.84. The highest BCUT2D eigenvalue weighted by Crippen LogP contribution is 2.31. The van der Waals surface area contributed by atoms with Crippen molar-refractivity contribution < 1.29 is 9.66 Å². The Morgan fingerprint density at radius 2 is 2.29 bits per heavy atom. The molecule has 0 aliphatic carbocycles. The van der Waals surface area contributed by atoms with Gasteiger partial charge in [-0.25, -0.2) is 0 Å². The topological polar surface area (TPSA) is 80.5 Å². The lowest BCUT2D eigenvalue weighted by Gasteiger charge is -2.35. The first-order chi connectivity index (χ1) is 11.7. The zero-order valence-corrected chi connectivity index (χ0v) is 13.4. The van der Waals surface area contributed by atoms with Crippen LogP contribution in [0, 0.1) is 10.1 Å². The smallest absolute Gasteiger partial charge is 0.278 e. The molecule has 0 saturated carbocycles. The Bertz CT molecular complexity index is 767. The van der Waals surface area contributed by atoms with Gasteiger partial charge in [-0.1, -0.05) is 0 Å². The molecule has 2 aliphatic heterocycles. The van der Waals surface area contributed by atoms with Crippen molar-refractivity contribution in [2.24, 2.45) is 0 Å². The molecule has 2 unspecified atom stereocenters. The Balaban J connectivity index is 1.51. The van der Waals surface area contributed by atoms with Crippen LogP contribution >= 0.6 is 0 Å². The average Bonchev–Trinajstić information content (AvgIpc) is 3.07. The number of morpholine rings is 1. The molecule has 7 heteroatoms. The van der Waals surface area contributed by atoms with Gasteiger partial charge >= 0.3 is 0 Å². The van der Waals surface area contributed by atoms with Crippen LogP contribution in [0.15, 0.2) is 30.6 Å². The Kier molecular flexibility index (Phi) is 4.03. The summed E-state index contributed by atoms with van der Waals surface area (Å²) in [5.41, 5.74) is 0.961. The van der Waals surface area contributed by atoms with Gasteiger partial charge < -0.3 is 10.1 Å². The molecule has 0 amide bonds. The minimum absolute atomic E-state index is 0.0810. The molecule has 0 radical (unpaired) electrons. The number of anilines is 1. The van der Waals surface area contributed by atoms with Crippen molar-refractivity contribution in [1.82, 2.24) is 9.88 Å². The maximum Gasteiger partial charge on any atom is 0.278 e. The molecule has 0 bridgehead atoms. The first-order valence-corrected chi connectivity index (χ1v) is 8.33. The number of nitro groups is 1.